The minimum Gasteiger partial charge on any atom is -0.462 e. The van der Waals surface area contributed by atoms with E-state index in [2.05, 4.69) is 62.5 Å². The highest BCUT2D eigenvalue weighted by Crippen LogP contribution is 2.43. The van der Waals surface area contributed by atoms with Crippen LogP contribution in [0.15, 0.2) is 48.6 Å². The molecule has 0 aliphatic carbocycles. The molecule has 0 aliphatic rings. The van der Waals surface area contributed by atoms with Gasteiger partial charge in [0.1, 0.15) is 6.61 Å². The Morgan fingerprint density at radius 1 is 0.463 bits per heavy atom. The van der Waals surface area contributed by atoms with Crippen LogP contribution >= 0.6 is 7.82 Å². The van der Waals surface area contributed by atoms with Crippen LogP contribution in [0.2, 0.25) is 0 Å². The van der Waals surface area contributed by atoms with E-state index in [9.17, 15) is 19.0 Å². The molecule has 10 heteroatoms. The Morgan fingerprint density at radius 2 is 0.821 bits per heavy atom. The van der Waals surface area contributed by atoms with Gasteiger partial charge in [-0.05, 0) is 51.4 Å². The van der Waals surface area contributed by atoms with Gasteiger partial charge in [0.05, 0.1) is 13.2 Å². The molecule has 3 N–H and O–H groups in total. The van der Waals surface area contributed by atoms with Gasteiger partial charge in [-0.2, -0.15) is 0 Å². The molecule has 2 atom stereocenters. The third-order valence-electron chi connectivity index (χ3n) is 12.2. The third kappa shape index (κ3) is 53.2. The summed E-state index contributed by atoms with van der Waals surface area (Å²) >= 11 is 0. The number of phosphoric ester groups is 1. The highest BCUT2D eigenvalue weighted by Gasteiger charge is 2.26. The SMILES string of the molecule is CC/C=C\C/C=C\C/C=C\C/C=C\CCCCCCCCCCC(=O)OC(COC(=O)CCCCCCCCCCCCCCCCCCCCCCCCCCC)COP(=O)(O)OCCN. The van der Waals surface area contributed by atoms with E-state index in [1.165, 1.54) is 167 Å². The molecule has 0 aliphatic heterocycles. The van der Waals surface area contributed by atoms with E-state index >= 15 is 0 Å². The average Bonchev–Trinajstić information content (AvgIpc) is 3.32. The van der Waals surface area contributed by atoms with Gasteiger partial charge in [-0.3, -0.25) is 18.6 Å². The van der Waals surface area contributed by atoms with E-state index < -0.39 is 26.5 Å². The fraction of sp³-hybridized carbons (Fsp3) is 0.825. The molecule has 9 nitrogen and oxygen atoms in total. The number of esters is 2. The third-order valence-corrected chi connectivity index (χ3v) is 13.2. The summed E-state index contributed by atoms with van der Waals surface area (Å²) in [5.41, 5.74) is 5.38. The van der Waals surface area contributed by atoms with Crippen molar-refractivity contribution < 1.29 is 37.6 Å². The van der Waals surface area contributed by atoms with Gasteiger partial charge in [0.2, 0.25) is 0 Å². The maximum absolute atomic E-state index is 12.7. The van der Waals surface area contributed by atoms with Gasteiger partial charge in [0, 0.05) is 19.4 Å². The summed E-state index contributed by atoms with van der Waals surface area (Å²) in [6.45, 7) is 3.66. The molecule has 0 aromatic rings. The van der Waals surface area contributed by atoms with E-state index in [4.69, 9.17) is 24.3 Å². The number of carbonyl (C=O) groups is 2. The molecule has 0 spiro atoms. The standard InChI is InChI=1S/C57H106NO8P/c1-3-5-7-9-11-13-15-17-19-21-23-25-26-27-28-30-31-33-35-37-39-41-43-45-47-49-56(59)63-53-55(54-65-67(61,62)64-52-51-58)66-57(60)50-48-46-44-42-40-38-36-34-32-29-24-22-20-18-16-14-12-10-8-6-4-2/h6,8,12,14,18,20,24,29,55H,3-5,7,9-11,13,15-17,19,21-23,25-28,30-54,58H2,1-2H3,(H,61,62)/b8-6-,14-12-,20-18-,29-24-. The molecule has 0 aromatic carbocycles. The normalized spacial score (nSPS) is 13.4. The molecule has 0 saturated heterocycles. The van der Waals surface area contributed by atoms with E-state index in [-0.39, 0.29) is 38.6 Å². The molecule has 0 aromatic heterocycles. The number of ether oxygens (including phenoxy) is 2. The largest absolute Gasteiger partial charge is 0.472 e. The first-order chi connectivity index (χ1) is 32.8. The van der Waals surface area contributed by atoms with Crippen LogP contribution in [0.5, 0.6) is 0 Å². The van der Waals surface area contributed by atoms with Gasteiger partial charge < -0.3 is 20.1 Å². The van der Waals surface area contributed by atoms with Crippen molar-refractivity contribution in [3.05, 3.63) is 48.6 Å². The fourth-order valence-electron chi connectivity index (χ4n) is 8.10. The summed E-state index contributed by atoms with van der Waals surface area (Å²) in [5, 5.41) is 0. The molecule has 0 amide bonds. The Morgan fingerprint density at radius 3 is 1.22 bits per heavy atom. The van der Waals surface area contributed by atoms with Crippen LogP contribution < -0.4 is 5.73 Å². The summed E-state index contributed by atoms with van der Waals surface area (Å²) in [6.07, 6.45) is 64.5. The monoisotopic (exact) mass is 964 g/mol. The Hall–Kier alpha value is -2.03. The number of nitrogens with two attached hydrogens (primary N) is 1. The first-order valence-corrected chi connectivity index (χ1v) is 29.6. The number of hydrogen-bond donors (Lipinski definition) is 2. The molecule has 2 unspecified atom stereocenters. The first kappa shape index (κ1) is 65.0. The van der Waals surface area contributed by atoms with Crippen molar-refractivity contribution in [3.8, 4) is 0 Å². The van der Waals surface area contributed by atoms with E-state index in [1.54, 1.807) is 0 Å². The van der Waals surface area contributed by atoms with Gasteiger partial charge in [-0.15, -0.1) is 0 Å². The van der Waals surface area contributed by atoms with Crippen molar-refractivity contribution in [3.63, 3.8) is 0 Å². The van der Waals surface area contributed by atoms with Crippen molar-refractivity contribution in [2.75, 3.05) is 26.4 Å². The first-order valence-electron chi connectivity index (χ1n) is 28.1. The molecule has 0 fully saturated rings. The summed E-state index contributed by atoms with van der Waals surface area (Å²) in [5.74, 6) is -0.826. The van der Waals surface area contributed by atoms with Gasteiger partial charge in [0.15, 0.2) is 6.10 Å². The quantitative estimate of drug-likeness (QED) is 0.0264. The molecule has 0 heterocycles. The number of rotatable bonds is 53. The van der Waals surface area contributed by atoms with Gasteiger partial charge in [0.25, 0.3) is 0 Å². The lowest BCUT2D eigenvalue weighted by Gasteiger charge is -2.19. The minimum absolute atomic E-state index is 0.0518. The van der Waals surface area contributed by atoms with Crippen molar-refractivity contribution >= 4 is 19.8 Å². The molecule has 0 bridgehead atoms. The second-order valence-corrected chi connectivity index (χ2v) is 20.2. The zero-order valence-corrected chi connectivity index (χ0v) is 44.5. The Bertz CT molecular complexity index is 1240. The van der Waals surface area contributed by atoms with Crippen molar-refractivity contribution in [1.82, 2.24) is 0 Å². The van der Waals surface area contributed by atoms with Crippen molar-refractivity contribution in [2.24, 2.45) is 5.73 Å². The fourth-order valence-corrected chi connectivity index (χ4v) is 8.87. The molecular weight excluding hydrogens is 858 g/mol. The predicted molar refractivity (Wildman–Crippen MR) is 284 cm³/mol. The van der Waals surface area contributed by atoms with Crippen LogP contribution in [0.4, 0.5) is 0 Å². The Labute approximate surface area is 413 Å². The number of carbonyl (C=O) groups excluding carboxylic acids is 2. The van der Waals surface area contributed by atoms with E-state index in [0.29, 0.717) is 6.42 Å². The number of phosphoric acid groups is 1. The smallest absolute Gasteiger partial charge is 0.462 e. The van der Waals surface area contributed by atoms with Gasteiger partial charge in [-0.1, -0.05) is 255 Å². The van der Waals surface area contributed by atoms with Crippen LogP contribution in [-0.4, -0.2) is 49.3 Å². The van der Waals surface area contributed by atoms with Crippen molar-refractivity contribution in [2.45, 2.75) is 277 Å². The number of hydrogen-bond acceptors (Lipinski definition) is 8. The summed E-state index contributed by atoms with van der Waals surface area (Å²) in [4.78, 5) is 35.1. The molecule has 0 rings (SSSR count). The van der Waals surface area contributed by atoms with E-state index in [0.717, 1.165) is 70.6 Å². The maximum atomic E-state index is 12.7. The molecule has 0 saturated carbocycles. The predicted octanol–water partition coefficient (Wildman–Crippen LogP) is 17.4. The summed E-state index contributed by atoms with van der Waals surface area (Å²) in [6, 6.07) is 0. The molecule has 392 valence electrons. The lowest BCUT2D eigenvalue weighted by atomic mass is 10.0. The number of unbranched alkanes of at least 4 members (excludes halogenated alkanes) is 32. The zero-order chi connectivity index (χ0) is 48.8. The average molecular weight is 964 g/mol. The van der Waals surface area contributed by atoms with Gasteiger partial charge >= 0.3 is 19.8 Å². The van der Waals surface area contributed by atoms with Crippen LogP contribution in [0.1, 0.15) is 271 Å². The van der Waals surface area contributed by atoms with Crippen LogP contribution in [0.25, 0.3) is 0 Å². The molecule has 67 heavy (non-hydrogen) atoms. The summed E-state index contributed by atoms with van der Waals surface area (Å²) < 4.78 is 33.0. The molecular formula is C57H106NO8P. The minimum atomic E-state index is -4.39. The number of allylic oxidation sites excluding steroid dienone is 8. The van der Waals surface area contributed by atoms with E-state index in [1.807, 2.05) is 0 Å². The summed E-state index contributed by atoms with van der Waals surface area (Å²) in [7, 11) is -4.39. The van der Waals surface area contributed by atoms with Crippen LogP contribution in [-0.2, 0) is 32.7 Å². The van der Waals surface area contributed by atoms with Crippen LogP contribution in [0, 0.1) is 0 Å². The second-order valence-electron chi connectivity index (χ2n) is 18.8. The highest BCUT2D eigenvalue weighted by molar-refractivity contribution is 7.47. The lowest BCUT2D eigenvalue weighted by Crippen LogP contribution is -2.29. The van der Waals surface area contributed by atoms with Gasteiger partial charge in [-0.25, -0.2) is 4.57 Å². The Kier molecular flexibility index (Phi) is 51.7. The lowest BCUT2D eigenvalue weighted by molar-refractivity contribution is -0.161. The zero-order valence-electron chi connectivity index (χ0n) is 43.6. The molecule has 0 radical (unpaired) electrons. The Balaban J connectivity index is 3.97. The topological polar surface area (TPSA) is 134 Å². The van der Waals surface area contributed by atoms with Crippen LogP contribution in [0.3, 0.4) is 0 Å². The maximum Gasteiger partial charge on any atom is 0.472 e. The highest BCUT2D eigenvalue weighted by atomic mass is 31.2. The second kappa shape index (κ2) is 53.3. The van der Waals surface area contributed by atoms with Crippen molar-refractivity contribution in [1.29, 1.82) is 0 Å².